The molecule has 1 aromatic heterocycles. The van der Waals surface area contributed by atoms with E-state index in [1.165, 1.54) is 18.2 Å². The first-order valence-electron chi connectivity index (χ1n) is 6.70. The van der Waals surface area contributed by atoms with Gasteiger partial charge in [-0.25, -0.2) is 9.18 Å². The summed E-state index contributed by atoms with van der Waals surface area (Å²) < 4.78 is 18.1. The van der Waals surface area contributed by atoms with Gasteiger partial charge in [-0.2, -0.15) is 0 Å². The molecular weight excluding hydrogens is 273 g/mol. The summed E-state index contributed by atoms with van der Waals surface area (Å²) >= 11 is 0. The fourth-order valence-electron chi connectivity index (χ4n) is 2.28. The second-order valence-corrected chi connectivity index (χ2v) is 4.98. The van der Waals surface area contributed by atoms with Crippen molar-refractivity contribution in [1.29, 1.82) is 0 Å². The zero-order valence-corrected chi connectivity index (χ0v) is 12.2. The Morgan fingerprint density at radius 2 is 2.19 bits per heavy atom. The van der Waals surface area contributed by atoms with Gasteiger partial charge in [-0.05, 0) is 32.0 Å². The van der Waals surface area contributed by atoms with E-state index in [9.17, 15) is 9.18 Å². The van der Waals surface area contributed by atoms with E-state index in [-0.39, 0.29) is 11.9 Å². The Kier molecular flexibility index (Phi) is 4.57. The van der Waals surface area contributed by atoms with E-state index < -0.39 is 5.82 Å². The number of halogens is 1. The molecule has 0 radical (unpaired) electrons. The summed E-state index contributed by atoms with van der Waals surface area (Å²) in [5.74, 6) is 0.443. The number of carbonyl (C=O) groups is 1. The van der Waals surface area contributed by atoms with Crippen LogP contribution in [0.1, 0.15) is 29.9 Å². The molecule has 0 saturated carbocycles. The number of hydrogen-bond donors (Lipinski definition) is 2. The minimum absolute atomic E-state index is 0.0782. The van der Waals surface area contributed by atoms with Gasteiger partial charge in [0.25, 0.3) is 0 Å². The topological polar surface area (TPSA) is 67.2 Å². The number of nitrogens with zero attached hydrogens (tertiary/aromatic N) is 1. The van der Waals surface area contributed by atoms with Crippen molar-refractivity contribution in [3.05, 3.63) is 47.1 Å². The molecule has 21 heavy (non-hydrogen) atoms. The molecule has 0 spiro atoms. The Labute approximate surface area is 122 Å². The lowest BCUT2D eigenvalue weighted by Gasteiger charge is -2.13. The Bertz CT molecular complexity index is 620. The van der Waals surface area contributed by atoms with Crippen LogP contribution in [0.25, 0.3) is 0 Å². The molecule has 0 fully saturated rings. The maximum atomic E-state index is 13.0. The standard InChI is InChI=1S/C15H18FN3O2/c1-9(14-10(2)19-21-11(14)3)8-17-15(20)18-13-6-4-5-12(16)7-13/h4-7,9H,8H2,1-3H3,(H2,17,18,20)/t9-/m0/s1. The van der Waals surface area contributed by atoms with E-state index in [1.54, 1.807) is 6.07 Å². The van der Waals surface area contributed by atoms with Gasteiger partial charge in [-0.3, -0.25) is 0 Å². The zero-order chi connectivity index (χ0) is 15.4. The largest absolute Gasteiger partial charge is 0.361 e. The average Bonchev–Trinajstić information content (AvgIpc) is 2.76. The van der Waals surface area contributed by atoms with E-state index in [2.05, 4.69) is 15.8 Å². The fourth-order valence-corrected chi connectivity index (χ4v) is 2.28. The number of amides is 2. The summed E-state index contributed by atoms with van der Waals surface area (Å²) in [5, 5.41) is 9.23. The third kappa shape index (κ3) is 3.81. The first-order valence-corrected chi connectivity index (χ1v) is 6.70. The molecule has 1 atom stereocenters. The highest BCUT2D eigenvalue weighted by molar-refractivity contribution is 5.89. The second-order valence-electron chi connectivity index (χ2n) is 4.98. The van der Waals surface area contributed by atoms with Crippen LogP contribution in [0, 0.1) is 19.7 Å². The average molecular weight is 291 g/mol. The maximum Gasteiger partial charge on any atom is 0.319 e. The number of benzene rings is 1. The van der Waals surface area contributed by atoms with Crippen molar-refractivity contribution < 1.29 is 13.7 Å². The van der Waals surface area contributed by atoms with Crippen molar-refractivity contribution in [2.45, 2.75) is 26.7 Å². The Morgan fingerprint density at radius 1 is 1.43 bits per heavy atom. The molecule has 1 heterocycles. The highest BCUT2D eigenvalue weighted by Gasteiger charge is 2.17. The second kappa shape index (κ2) is 6.39. The van der Waals surface area contributed by atoms with E-state index in [1.807, 2.05) is 20.8 Å². The molecule has 5 nitrogen and oxygen atoms in total. The van der Waals surface area contributed by atoms with Crippen LogP contribution in [0.2, 0.25) is 0 Å². The third-order valence-electron chi connectivity index (χ3n) is 3.23. The van der Waals surface area contributed by atoms with Gasteiger partial charge in [-0.1, -0.05) is 18.1 Å². The van der Waals surface area contributed by atoms with Gasteiger partial charge in [-0.15, -0.1) is 0 Å². The lowest BCUT2D eigenvalue weighted by Crippen LogP contribution is -2.32. The van der Waals surface area contributed by atoms with Gasteiger partial charge in [0.05, 0.1) is 5.69 Å². The number of aromatic nitrogens is 1. The summed E-state index contributed by atoms with van der Waals surface area (Å²) in [6.07, 6.45) is 0. The van der Waals surface area contributed by atoms with Crippen LogP contribution in [0.5, 0.6) is 0 Å². The smallest absolute Gasteiger partial charge is 0.319 e. The number of aryl methyl sites for hydroxylation is 2. The minimum atomic E-state index is -0.392. The molecule has 0 aliphatic carbocycles. The fraction of sp³-hybridized carbons (Fsp3) is 0.333. The Hall–Kier alpha value is -2.37. The number of anilines is 1. The molecule has 2 rings (SSSR count). The van der Waals surface area contributed by atoms with Crippen LogP contribution in [0.4, 0.5) is 14.9 Å². The van der Waals surface area contributed by atoms with Crippen molar-refractivity contribution >= 4 is 11.7 Å². The normalized spacial score (nSPS) is 12.0. The number of rotatable bonds is 4. The number of hydrogen-bond acceptors (Lipinski definition) is 3. The van der Waals surface area contributed by atoms with Crippen molar-refractivity contribution in [3.63, 3.8) is 0 Å². The lowest BCUT2D eigenvalue weighted by molar-refractivity contribution is 0.251. The van der Waals surface area contributed by atoms with Crippen LogP contribution in [-0.4, -0.2) is 17.7 Å². The summed E-state index contributed by atoms with van der Waals surface area (Å²) in [4.78, 5) is 11.8. The Morgan fingerprint density at radius 3 is 2.81 bits per heavy atom. The van der Waals surface area contributed by atoms with Gasteiger partial charge in [0.2, 0.25) is 0 Å². The third-order valence-corrected chi connectivity index (χ3v) is 3.23. The summed E-state index contributed by atoms with van der Waals surface area (Å²) in [7, 11) is 0. The highest BCUT2D eigenvalue weighted by Crippen LogP contribution is 2.22. The summed E-state index contributed by atoms with van der Waals surface area (Å²) in [6, 6.07) is 5.37. The highest BCUT2D eigenvalue weighted by atomic mass is 19.1. The lowest BCUT2D eigenvalue weighted by atomic mass is 10.00. The minimum Gasteiger partial charge on any atom is -0.361 e. The number of nitrogens with one attached hydrogen (secondary N) is 2. The molecule has 2 amide bonds. The van der Waals surface area contributed by atoms with E-state index in [4.69, 9.17) is 4.52 Å². The van der Waals surface area contributed by atoms with Crippen LogP contribution in [-0.2, 0) is 0 Å². The summed E-state index contributed by atoms with van der Waals surface area (Å²) in [5.41, 5.74) is 2.24. The predicted octanol–water partition coefficient (Wildman–Crippen LogP) is 3.36. The number of carbonyl (C=O) groups excluding carboxylic acids is 1. The van der Waals surface area contributed by atoms with E-state index in [0.717, 1.165) is 17.0 Å². The molecule has 0 aliphatic heterocycles. The van der Waals surface area contributed by atoms with Crippen molar-refractivity contribution in [1.82, 2.24) is 10.5 Å². The monoisotopic (exact) mass is 291 g/mol. The molecule has 6 heteroatoms. The van der Waals surface area contributed by atoms with Gasteiger partial charge >= 0.3 is 6.03 Å². The van der Waals surface area contributed by atoms with Gasteiger partial charge in [0, 0.05) is 23.7 Å². The van der Waals surface area contributed by atoms with Crippen LogP contribution in [0.15, 0.2) is 28.8 Å². The first kappa shape index (κ1) is 15.0. The van der Waals surface area contributed by atoms with E-state index >= 15 is 0 Å². The van der Waals surface area contributed by atoms with Gasteiger partial charge in [0.1, 0.15) is 11.6 Å². The molecule has 1 aromatic carbocycles. The molecule has 2 N–H and O–H groups in total. The SMILES string of the molecule is Cc1noc(C)c1[C@@H](C)CNC(=O)Nc1cccc(F)c1. The zero-order valence-electron chi connectivity index (χ0n) is 12.2. The van der Waals surface area contributed by atoms with E-state index in [0.29, 0.717) is 12.2 Å². The quantitative estimate of drug-likeness (QED) is 0.907. The van der Waals surface area contributed by atoms with Crippen molar-refractivity contribution in [3.8, 4) is 0 Å². The van der Waals surface area contributed by atoms with Crippen LogP contribution < -0.4 is 10.6 Å². The molecule has 0 bridgehead atoms. The van der Waals surface area contributed by atoms with Crippen LogP contribution in [0.3, 0.4) is 0 Å². The molecule has 0 aliphatic rings. The van der Waals surface area contributed by atoms with Gasteiger partial charge in [0.15, 0.2) is 0 Å². The van der Waals surface area contributed by atoms with Crippen molar-refractivity contribution in [2.24, 2.45) is 0 Å². The predicted molar refractivity (Wildman–Crippen MR) is 77.8 cm³/mol. The van der Waals surface area contributed by atoms with Crippen molar-refractivity contribution in [2.75, 3.05) is 11.9 Å². The molecular formula is C15H18FN3O2. The van der Waals surface area contributed by atoms with Crippen LogP contribution >= 0.6 is 0 Å². The molecule has 2 aromatic rings. The Balaban J connectivity index is 1.89. The number of urea groups is 1. The molecule has 112 valence electrons. The first-order chi connectivity index (χ1) is 9.97. The van der Waals surface area contributed by atoms with Gasteiger partial charge < -0.3 is 15.2 Å². The molecule has 0 saturated heterocycles. The summed E-state index contributed by atoms with van der Waals surface area (Å²) in [6.45, 7) is 6.13. The molecule has 0 unspecified atom stereocenters. The maximum absolute atomic E-state index is 13.0.